The van der Waals surface area contributed by atoms with Gasteiger partial charge >= 0.3 is 25.7 Å². The number of aliphatic hydroxyl groups excluding tert-OH is 1. The number of allylic oxidation sites excluding steroid dienone is 14. The van der Waals surface area contributed by atoms with Crippen molar-refractivity contribution in [2.24, 2.45) is 0 Å². The van der Waals surface area contributed by atoms with Crippen LogP contribution < -0.4 is 0 Å². The second kappa shape index (κ2) is 61.7. The van der Waals surface area contributed by atoms with Crippen LogP contribution in [-0.2, 0) is 42.2 Å². The first-order valence-electron chi connectivity index (χ1n) is 32.5. The molecule has 0 amide bonds. The van der Waals surface area contributed by atoms with E-state index in [0.29, 0.717) is 19.3 Å². The minimum atomic E-state index is -4.76. The second-order valence-corrected chi connectivity index (χ2v) is 23.0. The molecule has 0 aliphatic carbocycles. The van der Waals surface area contributed by atoms with Gasteiger partial charge in [0.05, 0.1) is 19.8 Å². The van der Waals surface area contributed by atoms with Gasteiger partial charge in [-0.2, -0.15) is 0 Å². The topological polar surface area (TPSA) is 155 Å². The summed E-state index contributed by atoms with van der Waals surface area (Å²) in [5.74, 6) is -1.49. The van der Waals surface area contributed by atoms with Gasteiger partial charge in [0, 0.05) is 19.3 Å². The van der Waals surface area contributed by atoms with Gasteiger partial charge in [-0.25, -0.2) is 4.57 Å². The highest BCUT2D eigenvalue weighted by Gasteiger charge is 2.28. The van der Waals surface area contributed by atoms with Gasteiger partial charge in [-0.1, -0.05) is 260 Å². The van der Waals surface area contributed by atoms with Crippen LogP contribution in [0.5, 0.6) is 0 Å². The van der Waals surface area contributed by atoms with Gasteiger partial charge < -0.3 is 24.2 Å². The van der Waals surface area contributed by atoms with Crippen molar-refractivity contribution in [3.05, 3.63) is 85.1 Å². The Morgan fingerprint density at radius 2 is 0.650 bits per heavy atom. The molecule has 0 bridgehead atoms. The molecule has 0 rings (SSSR count). The van der Waals surface area contributed by atoms with Crippen molar-refractivity contribution >= 4 is 25.7 Å². The fourth-order valence-electron chi connectivity index (χ4n) is 8.89. The molecule has 0 fully saturated rings. The standard InChI is InChI=1S/C68H119O11P/c1-4-7-10-13-16-19-22-25-28-30-32-34-37-39-42-45-48-51-54-57-66(70)75-61-65(79-68(72)59-56-53-50-47-44-41-38-35-33-31-29-26-23-20-17-14-11-8-5-2)63-77-80(73,74)76-62-64(60-69)78-67(71)58-55-52-49-46-43-40-36-27-24-21-18-15-12-9-6-3/h7,10,16-17,19-20,25-26,28-29,32-35,64-65,69H,4-6,8-9,11-15,18,21-24,27,30-31,36-63H2,1-3H3,(H,73,74)/b10-7-,19-16-,20-17-,28-25-,29-26-,34-32-,35-33-. The molecule has 12 heteroatoms. The van der Waals surface area contributed by atoms with Crippen LogP contribution in [0.25, 0.3) is 0 Å². The van der Waals surface area contributed by atoms with E-state index in [-0.39, 0.29) is 25.9 Å². The van der Waals surface area contributed by atoms with Crippen molar-refractivity contribution in [1.82, 2.24) is 0 Å². The molecular formula is C68H119O11P. The SMILES string of the molecule is CC/C=C\C/C=C\C/C=C\C/C=C\CCCCCCCCC(=O)OCC(COP(=O)(O)OCC(CO)OC(=O)CCCCCCCCCCCCCCCCC)OC(=O)CCCCCCCC/C=C\C/C=C\C/C=C\CCCCC. The number of hydrogen-bond acceptors (Lipinski definition) is 10. The summed E-state index contributed by atoms with van der Waals surface area (Å²) in [6, 6.07) is 0. The Kier molecular flexibility index (Phi) is 59.1. The zero-order chi connectivity index (χ0) is 58.3. The van der Waals surface area contributed by atoms with E-state index in [1.807, 2.05) is 0 Å². The molecule has 0 heterocycles. The maximum absolute atomic E-state index is 13.0. The van der Waals surface area contributed by atoms with Gasteiger partial charge in [-0.3, -0.25) is 23.4 Å². The summed E-state index contributed by atoms with van der Waals surface area (Å²) in [5.41, 5.74) is 0. The van der Waals surface area contributed by atoms with E-state index in [0.717, 1.165) is 135 Å². The molecule has 0 saturated heterocycles. The Bertz CT molecular complexity index is 1670. The Balaban J connectivity index is 4.75. The monoisotopic (exact) mass is 1140 g/mol. The molecule has 462 valence electrons. The number of rotatable bonds is 60. The number of esters is 3. The molecule has 0 aliphatic heterocycles. The van der Waals surface area contributed by atoms with Crippen LogP contribution in [0.3, 0.4) is 0 Å². The third kappa shape index (κ3) is 59.3. The first-order chi connectivity index (χ1) is 39.2. The number of ether oxygens (including phenoxy) is 3. The van der Waals surface area contributed by atoms with Gasteiger partial charge in [0.25, 0.3) is 0 Å². The van der Waals surface area contributed by atoms with Gasteiger partial charge in [-0.15, -0.1) is 0 Å². The van der Waals surface area contributed by atoms with Crippen LogP contribution >= 0.6 is 7.82 Å². The molecule has 0 radical (unpaired) electrons. The van der Waals surface area contributed by atoms with E-state index in [1.54, 1.807) is 0 Å². The van der Waals surface area contributed by atoms with Crippen LogP contribution in [0.15, 0.2) is 85.1 Å². The molecule has 0 saturated carbocycles. The first kappa shape index (κ1) is 76.7. The number of phosphoric acid groups is 1. The maximum Gasteiger partial charge on any atom is 0.472 e. The van der Waals surface area contributed by atoms with Crippen molar-refractivity contribution in [1.29, 1.82) is 0 Å². The quantitative estimate of drug-likeness (QED) is 0.0197. The third-order valence-corrected chi connectivity index (χ3v) is 14.8. The summed E-state index contributed by atoms with van der Waals surface area (Å²) in [7, 11) is -4.76. The molecule has 11 nitrogen and oxygen atoms in total. The van der Waals surface area contributed by atoms with E-state index >= 15 is 0 Å². The van der Waals surface area contributed by atoms with Gasteiger partial charge in [0.15, 0.2) is 6.10 Å². The Morgan fingerprint density at radius 1 is 0.362 bits per heavy atom. The zero-order valence-corrected chi connectivity index (χ0v) is 52.2. The number of carbonyl (C=O) groups excluding carboxylic acids is 3. The predicted molar refractivity (Wildman–Crippen MR) is 334 cm³/mol. The summed E-state index contributed by atoms with van der Waals surface area (Å²) in [6.45, 7) is 4.52. The smallest absolute Gasteiger partial charge is 0.462 e. The number of phosphoric ester groups is 1. The molecule has 3 unspecified atom stereocenters. The van der Waals surface area contributed by atoms with Crippen molar-refractivity contribution in [2.75, 3.05) is 26.4 Å². The normalized spacial score (nSPS) is 13.8. The minimum absolute atomic E-state index is 0.148. The van der Waals surface area contributed by atoms with Crippen molar-refractivity contribution in [3.8, 4) is 0 Å². The van der Waals surface area contributed by atoms with Crippen LogP contribution in [0, 0.1) is 0 Å². The van der Waals surface area contributed by atoms with Gasteiger partial charge in [-0.05, 0) is 96.3 Å². The van der Waals surface area contributed by atoms with Crippen molar-refractivity contribution in [2.45, 2.75) is 303 Å². The number of unbranched alkanes of at least 4 members (excludes halogenated alkanes) is 29. The van der Waals surface area contributed by atoms with Crippen molar-refractivity contribution in [3.63, 3.8) is 0 Å². The average molecular weight is 1140 g/mol. The molecule has 3 atom stereocenters. The average Bonchev–Trinajstić information content (AvgIpc) is 3.45. The summed E-state index contributed by atoms with van der Waals surface area (Å²) >= 11 is 0. The predicted octanol–water partition coefficient (Wildman–Crippen LogP) is 19.8. The summed E-state index contributed by atoms with van der Waals surface area (Å²) in [4.78, 5) is 48.8. The Hall–Kier alpha value is -3.34. The van der Waals surface area contributed by atoms with E-state index in [2.05, 4.69) is 106 Å². The maximum atomic E-state index is 13.0. The largest absolute Gasteiger partial charge is 0.472 e. The lowest BCUT2D eigenvalue weighted by Gasteiger charge is -2.21. The van der Waals surface area contributed by atoms with Gasteiger partial charge in [0.1, 0.15) is 12.7 Å². The fourth-order valence-corrected chi connectivity index (χ4v) is 9.67. The molecule has 0 aromatic rings. The van der Waals surface area contributed by atoms with Crippen LogP contribution in [-0.4, -0.2) is 66.5 Å². The highest BCUT2D eigenvalue weighted by molar-refractivity contribution is 7.47. The molecule has 0 aromatic carbocycles. The lowest BCUT2D eigenvalue weighted by molar-refractivity contribution is -0.161. The molecular weight excluding hydrogens is 1020 g/mol. The van der Waals surface area contributed by atoms with Crippen LogP contribution in [0.1, 0.15) is 290 Å². The lowest BCUT2D eigenvalue weighted by atomic mass is 10.0. The molecule has 0 aliphatic rings. The lowest BCUT2D eigenvalue weighted by Crippen LogP contribution is -2.30. The molecule has 0 spiro atoms. The summed E-state index contributed by atoms with van der Waals surface area (Å²) in [6.07, 6.45) is 72.4. The van der Waals surface area contributed by atoms with Crippen molar-refractivity contribution < 1.29 is 52.2 Å². The molecule has 0 aromatic heterocycles. The Labute approximate surface area is 490 Å². The van der Waals surface area contributed by atoms with E-state index in [1.165, 1.54) is 96.3 Å². The van der Waals surface area contributed by atoms with E-state index in [4.69, 9.17) is 23.3 Å². The fraction of sp³-hybridized carbons (Fsp3) is 0.750. The highest BCUT2D eigenvalue weighted by atomic mass is 31.2. The molecule has 2 N–H and O–H groups in total. The Morgan fingerprint density at radius 3 is 1.02 bits per heavy atom. The van der Waals surface area contributed by atoms with Crippen LogP contribution in [0.2, 0.25) is 0 Å². The summed E-state index contributed by atoms with van der Waals surface area (Å²) < 4.78 is 39.7. The van der Waals surface area contributed by atoms with E-state index in [9.17, 15) is 28.9 Å². The minimum Gasteiger partial charge on any atom is -0.462 e. The van der Waals surface area contributed by atoms with Crippen LogP contribution in [0.4, 0.5) is 0 Å². The molecule has 80 heavy (non-hydrogen) atoms. The number of hydrogen-bond donors (Lipinski definition) is 2. The zero-order valence-electron chi connectivity index (χ0n) is 51.3. The second-order valence-electron chi connectivity index (χ2n) is 21.6. The van der Waals surface area contributed by atoms with E-state index < -0.39 is 57.8 Å². The number of carbonyl (C=O) groups is 3. The number of aliphatic hydroxyl groups is 1. The third-order valence-electron chi connectivity index (χ3n) is 13.8. The van der Waals surface area contributed by atoms with Gasteiger partial charge in [0.2, 0.25) is 0 Å². The first-order valence-corrected chi connectivity index (χ1v) is 34.0. The highest BCUT2D eigenvalue weighted by Crippen LogP contribution is 2.43. The summed E-state index contributed by atoms with van der Waals surface area (Å²) in [5, 5.41) is 9.85.